The second kappa shape index (κ2) is 48.2. The molecule has 0 amide bonds. The molecule has 0 unspecified atom stereocenters. The average molecular weight is 749 g/mol. The van der Waals surface area contributed by atoms with Crippen molar-refractivity contribution in [1.82, 2.24) is 0 Å². The van der Waals surface area contributed by atoms with Crippen LogP contribution in [0.15, 0.2) is 0 Å². The Morgan fingerprint density at radius 1 is 0.269 bits per heavy atom. The number of hydrogen-bond acceptors (Lipinski definition) is 10. The van der Waals surface area contributed by atoms with Gasteiger partial charge in [0.15, 0.2) is 0 Å². The molecule has 0 aromatic heterocycles. The van der Waals surface area contributed by atoms with Gasteiger partial charge in [-0.25, -0.2) is 0 Å². The van der Waals surface area contributed by atoms with Gasteiger partial charge in [0.2, 0.25) is 0 Å². The number of rotatable bonds is 47. The van der Waals surface area contributed by atoms with E-state index in [9.17, 15) is 4.79 Å². The Hall–Kier alpha value is -0.850. The second-order valence-corrected chi connectivity index (χ2v) is 13.6. The topological polar surface area (TPSA) is 100 Å². The minimum Gasteiger partial charge on any atom is -0.463 e. The summed E-state index contributed by atoms with van der Waals surface area (Å²) in [6.07, 6.45) is 28.3. The highest BCUT2D eigenvalue weighted by molar-refractivity contribution is 5.69. The summed E-state index contributed by atoms with van der Waals surface area (Å²) in [4.78, 5) is 11.6. The first-order valence-electron chi connectivity index (χ1n) is 21.6. The summed E-state index contributed by atoms with van der Waals surface area (Å²) in [5.74, 6) is -0.140. The first kappa shape index (κ1) is 51.1. The standard InChI is InChI=1S/C42H84O10/c1-3-5-7-9-10-11-12-13-14-15-16-17-18-19-21-23-25-44-26-27-45-28-29-46-30-31-47-32-33-48-34-35-49-36-37-50-38-39-51-40-41-52-42(43)24-22-20-8-6-4-2/h3-41H2,1-2H3. The van der Waals surface area contributed by atoms with Crippen molar-refractivity contribution in [3.63, 3.8) is 0 Å². The third-order valence-corrected chi connectivity index (χ3v) is 8.72. The molecule has 0 aliphatic rings. The van der Waals surface area contributed by atoms with Crippen LogP contribution in [0.5, 0.6) is 0 Å². The van der Waals surface area contributed by atoms with Crippen molar-refractivity contribution < 1.29 is 47.4 Å². The van der Waals surface area contributed by atoms with Crippen molar-refractivity contribution in [2.45, 2.75) is 155 Å². The molecule has 0 aliphatic carbocycles. The summed E-state index contributed by atoms with van der Waals surface area (Å²) in [6, 6.07) is 0. The van der Waals surface area contributed by atoms with E-state index in [1.165, 1.54) is 116 Å². The zero-order valence-electron chi connectivity index (χ0n) is 34.2. The Morgan fingerprint density at radius 2 is 0.500 bits per heavy atom. The molecule has 0 radical (unpaired) electrons. The molecule has 0 heterocycles. The predicted octanol–water partition coefficient (Wildman–Crippen LogP) is 9.28. The largest absolute Gasteiger partial charge is 0.463 e. The third kappa shape index (κ3) is 47.2. The highest BCUT2D eigenvalue weighted by Crippen LogP contribution is 2.14. The molecule has 0 rings (SSSR count). The number of carbonyl (C=O) groups is 1. The van der Waals surface area contributed by atoms with E-state index in [1.54, 1.807) is 0 Å². The number of unbranched alkanes of at least 4 members (excludes halogenated alkanes) is 19. The van der Waals surface area contributed by atoms with Gasteiger partial charge >= 0.3 is 5.97 Å². The molecular weight excluding hydrogens is 664 g/mol. The van der Waals surface area contributed by atoms with Crippen LogP contribution in [0.2, 0.25) is 0 Å². The van der Waals surface area contributed by atoms with Crippen LogP contribution in [0.3, 0.4) is 0 Å². The maximum absolute atomic E-state index is 11.6. The molecule has 0 bridgehead atoms. The van der Waals surface area contributed by atoms with Crippen LogP contribution in [0, 0.1) is 0 Å². The predicted molar refractivity (Wildman–Crippen MR) is 210 cm³/mol. The molecule has 0 saturated carbocycles. The van der Waals surface area contributed by atoms with Crippen LogP contribution < -0.4 is 0 Å². The van der Waals surface area contributed by atoms with Crippen molar-refractivity contribution in [3.8, 4) is 0 Å². The van der Waals surface area contributed by atoms with Gasteiger partial charge in [-0.2, -0.15) is 0 Å². The van der Waals surface area contributed by atoms with E-state index < -0.39 is 0 Å². The van der Waals surface area contributed by atoms with Crippen LogP contribution in [-0.2, 0) is 47.4 Å². The lowest BCUT2D eigenvalue weighted by Crippen LogP contribution is -2.15. The van der Waals surface area contributed by atoms with E-state index in [-0.39, 0.29) is 5.97 Å². The lowest BCUT2D eigenvalue weighted by molar-refractivity contribution is -0.145. The minimum absolute atomic E-state index is 0.140. The molecule has 10 heteroatoms. The summed E-state index contributed by atoms with van der Waals surface area (Å²) in [7, 11) is 0. The van der Waals surface area contributed by atoms with Crippen molar-refractivity contribution >= 4 is 5.97 Å². The molecule has 52 heavy (non-hydrogen) atoms. The number of esters is 1. The molecule has 10 nitrogen and oxygen atoms in total. The third-order valence-electron chi connectivity index (χ3n) is 8.72. The van der Waals surface area contributed by atoms with Crippen LogP contribution in [0.4, 0.5) is 0 Å². The fourth-order valence-corrected chi connectivity index (χ4v) is 5.55. The number of carbonyl (C=O) groups excluding carboxylic acids is 1. The quantitative estimate of drug-likeness (QED) is 0.0442. The van der Waals surface area contributed by atoms with Crippen molar-refractivity contribution in [2.24, 2.45) is 0 Å². The highest BCUT2D eigenvalue weighted by Gasteiger charge is 2.03. The van der Waals surface area contributed by atoms with E-state index in [0.717, 1.165) is 25.9 Å². The van der Waals surface area contributed by atoms with Crippen LogP contribution in [-0.4, -0.2) is 118 Å². The Labute approximate surface area is 320 Å². The molecule has 0 spiro atoms. The van der Waals surface area contributed by atoms with Gasteiger partial charge in [-0.1, -0.05) is 136 Å². The fraction of sp³-hybridized carbons (Fsp3) is 0.976. The van der Waals surface area contributed by atoms with E-state index in [0.29, 0.717) is 112 Å². The highest BCUT2D eigenvalue weighted by atomic mass is 16.6. The van der Waals surface area contributed by atoms with Crippen molar-refractivity contribution in [1.29, 1.82) is 0 Å². The number of ether oxygens (including phenoxy) is 9. The zero-order valence-corrected chi connectivity index (χ0v) is 34.2. The smallest absolute Gasteiger partial charge is 0.305 e. The Bertz CT molecular complexity index is 654. The second-order valence-electron chi connectivity index (χ2n) is 13.6. The van der Waals surface area contributed by atoms with Gasteiger partial charge in [0.25, 0.3) is 0 Å². The van der Waals surface area contributed by atoms with Crippen LogP contribution >= 0.6 is 0 Å². The molecule has 0 aliphatic heterocycles. The molecule has 0 aromatic carbocycles. The van der Waals surface area contributed by atoms with Gasteiger partial charge in [0.05, 0.1) is 99.1 Å². The Morgan fingerprint density at radius 3 is 0.808 bits per heavy atom. The van der Waals surface area contributed by atoms with Gasteiger partial charge < -0.3 is 42.6 Å². The maximum Gasteiger partial charge on any atom is 0.305 e. The van der Waals surface area contributed by atoms with Crippen molar-refractivity contribution in [2.75, 3.05) is 112 Å². The van der Waals surface area contributed by atoms with E-state index in [1.807, 2.05) is 0 Å². The van der Waals surface area contributed by atoms with Crippen molar-refractivity contribution in [3.05, 3.63) is 0 Å². The molecular formula is C42H84O10. The van der Waals surface area contributed by atoms with E-state index in [4.69, 9.17) is 42.6 Å². The lowest BCUT2D eigenvalue weighted by Gasteiger charge is -2.09. The van der Waals surface area contributed by atoms with E-state index in [2.05, 4.69) is 13.8 Å². The average Bonchev–Trinajstić information content (AvgIpc) is 3.15. The molecule has 0 aromatic rings. The molecule has 0 atom stereocenters. The summed E-state index contributed by atoms with van der Waals surface area (Å²) in [5.41, 5.74) is 0. The Balaban J connectivity index is 3.08. The summed E-state index contributed by atoms with van der Waals surface area (Å²) in [5, 5.41) is 0. The number of hydrogen-bond donors (Lipinski definition) is 0. The lowest BCUT2D eigenvalue weighted by atomic mass is 10.0. The zero-order chi connectivity index (χ0) is 37.5. The van der Waals surface area contributed by atoms with Gasteiger partial charge in [0.1, 0.15) is 6.61 Å². The van der Waals surface area contributed by atoms with Gasteiger partial charge in [-0.3, -0.25) is 4.79 Å². The first-order valence-corrected chi connectivity index (χ1v) is 21.6. The van der Waals surface area contributed by atoms with Gasteiger partial charge in [0, 0.05) is 13.0 Å². The van der Waals surface area contributed by atoms with Crippen LogP contribution in [0.1, 0.15) is 155 Å². The summed E-state index contributed by atoms with van der Waals surface area (Å²) < 4.78 is 49.4. The van der Waals surface area contributed by atoms with Gasteiger partial charge in [-0.05, 0) is 12.8 Å². The first-order chi connectivity index (χ1) is 25.8. The molecule has 312 valence electrons. The molecule has 0 fully saturated rings. The SMILES string of the molecule is CCCCCCCCCCCCCCCCCCOCCOCCOCCOCCOCCOCCOCCOCCOC(=O)CCCCCCC. The van der Waals surface area contributed by atoms with Crippen LogP contribution in [0.25, 0.3) is 0 Å². The maximum atomic E-state index is 11.6. The normalized spacial score (nSPS) is 11.5. The monoisotopic (exact) mass is 749 g/mol. The summed E-state index contributed by atoms with van der Waals surface area (Å²) in [6.45, 7) is 13.5. The van der Waals surface area contributed by atoms with Gasteiger partial charge in [-0.15, -0.1) is 0 Å². The molecule has 0 N–H and O–H groups in total. The fourth-order valence-electron chi connectivity index (χ4n) is 5.55. The molecule has 0 saturated heterocycles. The minimum atomic E-state index is -0.140. The summed E-state index contributed by atoms with van der Waals surface area (Å²) >= 11 is 0. The van der Waals surface area contributed by atoms with E-state index >= 15 is 0 Å². The Kier molecular flexibility index (Phi) is 47.4.